The molecular formula is C14H14BrN3O3. The Morgan fingerprint density at radius 3 is 2.81 bits per heavy atom. The highest BCUT2D eigenvalue weighted by atomic mass is 79.9. The van der Waals surface area contributed by atoms with E-state index in [1.54, 1.807) is 17.2 Å². The molecule has 0 bridgehead atoms. The van der Waals surface area contributed by atoms with Gasteiger partial charge in [-0.2, -0.15) is 0 Å². The summed E-state index contributed by atoms with van der Waals surface area (Å²) < 4.78 is 11.6. The zero-order valence-electron chi connectivity index (χ0n) is 11.2. The lowest BCUT2D eigenvalue weighted by molar-refractivity contribution is 0.0550. The molecule has 0 unspecified atom stereocenters. The van der Waals surface area contributed by atoms with E-state index in [0.29, 0.717) is 19.0 Å². The maximum atomic E-state index is 12.1. The molecule has 1 aliphatic rings. The molecule has 21 heavy (non-hydrogen) atoms. The number of hydrogen-bond acceptors (Lipinski definition) is 5. The Morgan fingerprint density at radius 1 is 1.33 bits per heavy atom. The van der Waals surface area contributed by atoms with Crippen LogP contribution in [0.4, 0.5) is 0 Å². The van der Waals surface area contributed by atoms with Gasteiger partial charge in [0.15, 0.2) is 0 Å². The largest absolute Gasteiger partial charge is 0.473 e. The standard InChI is InChI=1S/C14H14BrN3O3/c15-11-2-1-6-16-13(11)20-10-4-8-18(9-5-10)14(19)12-3-7-17-21-12/h1-3,6-7,10H,4-5,8-9H2. The average molecular weight is 352 g/mol. The van der Waals surface area contributed by atoms with Crippen molar-refractivity contribution in [3.05, 3.63) is 40.8 Å². The maximum Gasteiger partial charge on any atom is 0.292 e. The van der Waals surface area contributed by atoms with Gasteiger partial charge in [-0.15, -0.1) is 0 Å². The number of rotatable bonds is 3. The molecule has 110 valence electrons. The van der Waals surface area contributed by atoms with Gasteiger partial charge in [0.05, 0.1) is 10.7 Å². The lowest BCUT2D eigenvalue weighted by Gasteiger charge is -2.31. The minimum atomic E-state index is -0.120. The molecule has 0 spiro atoms. The molecule has 0 N–H and O–H groups in total. The first-order chi connectivity index (χ1) is 10.2. The Labute approximate surface area is 130 Å². The van der Waals surface area contributed by atoms with E-state index in [0.717, 1.165) is 17.3 Å². The summed E-state index contributed by atoms with van der Waals surface area (Å²) in [6.07, 6.45) is 4.77. The van der Waals surface area contributed by atoms with E-state index in [-0.39, 0.29) is 17.8 Å². The first-order valence-corrected chi connectivity index (χ1v) is 7.50. The lowest BCUT2D eigenvalue weighted by atomic mass is 10.1. The highest BCUT2D eigenvalue weighted by molar-refractivity contribution is 9.10. The second-order valence-corrected chi connectivity index (χ2v) is 5.63. The molecule has 0 atom stereocenters. The first kappa shape index (κ1) is 14.1. The van der Waals surface area contributed by atoms with Gasteiger partial charge in [0, 0.05) is 38.2 Å². The Kier molecular flexibility index (Phi) is 4.19. The van der Waals surface area contributed by atoms with Crippen LogP contribution in [0, 0.1) is 0 Å². The second-order valence-electron chi connectivity index (χ2n) is 4.78. The monoisotopic (exact) mass is 351 g/mol. The van der Waals surface area contributed by atoms with Crippen LogP contribution >= 0.6 is 15.9 Å². The van der Waals surface area contributed by atoms with Gasteiger partial charge >= 0.3 is 0 Å². The predicted molar refractivity (Wildman–Crippen MR) is 78.0 cm³/mol. The molecule has 0 aliphatic carbocycles. The third-order valence-corrected chi connectivity index (χ3v) is 3.98. The van der Waals surface area contributed by atoms with E-state index in [1.807, 2.05) is 12.1 Å². The van der Waals surface area contributed by atoms with Gasteiger partial charge in [-0.05, 0) is 28.1 Å². The molecule has 1 amide bonds. The third-order valence-electron chi connectivity index (χ3n) is 3.38. The lowest BCUT2D eigenvalue weighted by Crippen LogP contribution is -2.41. The molecule has 2 aromatic heterocycles. The third kappa shape index (κ3) is 3.24. The smallest absolute Gasteiger partial charge is 0.292 e. The number of aromatic nitrogens is 2. The summed E-state index contributed by atoms with van der Waals surface area (Å²) in [7, 11) is 0. The molecule has 1 fully saturated rings. The van der Waals surface area contributed by atoms with Gasteiger partial charge in [0.1, 0.15) is 6.10 Å². The number of piperidine rings is 1. The van der Waals surface area contributed by atoms with E-state index in [4.69, 9.17) is 9.26 Å². The summed E-state index contributed by atoms with van der Waals surface area (Å²) in [6, 6.07) is 5.32. The maximum absolute atomic E-state index is 12.1. The van der Waals surface area contributed by atoms with Gasteiger partial charge < -0.3 is 14.2 Å². The number of likely N-dealkylation sites (tertiary alicyclic amines) is 1. The van der Waals surface area contributed by atoms with Crippen molar-refractivity contribution in [3.8, 4) is 5.88 Å². The number of ether oxygens (including phenoxy) is 1. The van der Waals surface area contributed by atoms with Crippen LogP contribution in [0.3, 0.4) is 0 Å². The van der Waals surface area contributed by atoms with Gasteiger partial charge in [0.2, 0.25) is 11.6 Å². The molecular weight excluding hydrogens is 338 g/mol. The van der Waals surface area contributed by atoms with Crippen LogP contribution in [0.25, 0.3) is 0 Å². The van der Waals surface area contributed by atoms with Crippen molar-refractivity contribution in [2.75, 3.05) is 13.1 Å². The van der Waals surface area contributed by atoms with E-state index in [9.17, 15) is 4.79 Å². The zero-order chi connectivity index (χ0) is 14.7. The predicted octanol–water partition coefficient (Wildman–Crippen LogP) is 2.52. The summed E-state index contributed by atoms with van der Waals surface area (Å²) >= 11 is 3.41. The van der Waals surface area contributed by atoms with Crippen molar-refractivity contribution in [3.63, 3.8) is 0 Å². The number of amides is 1. The number of halogens is 1. The molecule has 0 aromatic carbocycles. The Bertz CT molecular complexity index is 610. The highest BCUT2D eigenvalue weighted by Crippen LogP contribution is 2.25. The summed E-state index contributed by atoms with van der Waals surface area (Å²) in [5.41, 5.74) is 0. The van der Waals surface area contributed by atoms with E-state index in [2.05, 4.69) is 26.1 Å². The minimum absolute atomic E-state index is 0.0648. The molecule has 0 radical (unpaired) electrons. The van der Waals surface area contributed by atoms with Crippen LogP contribution < -0.4 is 4.74 Å². The van der Waals surface area contributed by atoms with Crippen molar-refractivity contribution in [2.45, 2.75) is 18.9 Å². The molecule has 3 rings (SSSR count). The van der Waals surface area contributed by atoms with Gasteiger partial charge in [-0.3, -0.25) is 4.79 Å². The van der Waals surface area contributed by atoms with Crippen LogP contribution in [-0.4, -0.2) is 40.1 Å². The molecule has 3 heterocycles. The average Bonchev–Trinajstić information content (AvgIpc) is 3.04. The van der Waals surface area contributed by atoms with Crippen molar-refractivity contribution in [2.24, 2.45) is 0 Å². The van der Waals surface area contributed by atoms with Crippen molar-refractivity contribution >= 4 is 21.8 Å². The van der Waals surface area contributed by atoms with Crippen molar-refractivity contribution in [1.29, 1.82) is 0 Å². The molecule has 0 saturated carbocycles. The molecule has 1 aliphatic heterocycles. The number of carbonyl (C=O) groups excluding carboxylic acids is 1. The van der Waals surface area contributed by atoms with Crippen LogP contribution in [-0.2, 0) is 0 Å². The van der Waals surface area contributed by atoms with Crippen LogP contribution in [0.15, 0.2) is 39.6 Å². The first-order valence-electron chi connectivity index (χ1n) is 6.71. The highest BCUT2D eigenvalue weighted by Gasteiger charge is 2.26. The van der Waals surface area contributed by atoms with Crippen LogP contribution in [0.1, 0.15) is 23.4 Å². The Morgan fingerprint density at radius 2 is 2.14 bits per heavy atom. The fourth-order valence-corrected chi connectivity index (χ4v) is 2.62. The number of pyridine rings is 1. The number of carbonyl (C=O) groups is 1. The van der Waals surface area contributed by atoms with Crippen molar-refractivity contribution in [1.82, 2.24) is 15.0 Å². The van der Waals surface area contributed by atoms with Gasteiger partial charge in [-0.1, -0.05) is 5.16 Å². The summed E-state index contributed by atoms with van der Waals surface area (Å²) in [6.45, 7) is 1.27. The molecule has 1 saturated heterocycles. The summed E-state index contributed by atoms with van der Waals surface area (Å²) in [5.74, 6) is 0.754. The van der Waals surface area contributed by atoms with E-state index >= 15 is 0 Å². The Hall–Kier alpha value is -1.89. The number of hydrogen-bond donors (Lipinski definition) is 0. The topological polar surface area (TPSA) is 68.5 Å². The molecule has 6 nitrogen and oxygen atoms in total. The quantitative estimate of drug-likeness (QED) is 0.849. The summed E-state index contributed by atoms with van der Waals surface area (Å²) in [4.78, 5) is 18.1. The van der Waals surface area contributed by atoms with Gasteiger partial charge in [0.25, 0.3) is 5.91 Å². The Balaban J connectivity index is 1.56. The fourth-order valence-electron chi connectivity index (χ4n) is 2.27. The molecule has 7 heteroatoms. The van der Waals surface area contributed by atoms with E-state index < -0.39 is 0 Å². The van der Waals surface area contributed by atoms with Crippen LogP contribution in [0.2, 0.25) is 0 Å². The normalized spacial score (nSPS) is 16.0. The fraction of sp³-hybridized carbons (Fsp3) is 0.357. The number of nitrogens with zero attached hydrogens (tertiary/aromatic N) is 3. The zero-order valence-corrected chi connectivity index (χ0v) is 12.8. The molecule has 2 aromatic rings. The minimum Gasteiger partial charge on any atom is -0.473 e. The van der Waals surface area contributed by atoms with Gasteiger partial charge in [-0.25, -0.2) is 4.98 Å². The van der Waals surface area contributed by atoms with E-state index in [1.165, 1.54) is 6.20 Å². The second kappa shape index (κ2) is 6.26. The van der Waals surface area contributed by atoms with Crippen LogP contribution in [0.5, 0.6) is 5.88 Å². The summed E-state index contributed by atoms with van der Waals surface area (Å²) in [5, 5.41) is 3.56. The van der Waals surface area contributed by atoms with Crippen molar-refractivity contribution < 1.29 is 14.1 Å². The SMILES string of the molecule is O=C(c1ccno1)N1CCC(Oc2ncccc2Br)CC1.